The highest BCUT2D eigenvalue weighted by Gasteiger charge is 2.26. The van der Waals surface area contributed by atoms with Crippen LogP contribution in [0.4, 0.5) is 4.39 Å². The molecule has 0 radical (unpaired) electrons. The lowest BCUT2D eigenvalue weighted by atomic mass is 10.0. The van der Waals surface area contributed by atoms with E-state index in [1.807, 2.05) is 24.7 Å². The van der Waals surface area contributed by atoms with Crippen LogP contribution in [-0.2, 0) is 0 Å². The van der Waals surface area contributed by atoms with E-state index in [4.69, 9.17) is 4.98 Å². The van der Waals surface area contributed by atoms with Crippen LogP contribution in [0.5, 0.6) is 0 Å². The number of H-pyrrole nitrogens is 1. The third-order valence-electron chi connectivity index (χ3n) is 5.78. The lowest BCUT2D eigenvalue weighted by molar-refractivity contribution is 0.303. The molecule has 0 aliphatic carbocycles. The summed E-state index contributed by atoms with van der Waals surface area (Å²) in [6, 6.07) is 7.38. The second-order valence-electron chi connectivity index (χ2n) is 7.99. The Bertz CT molecular complexity index is 1150. The Kier molecular flexibility index (Phi) is 4.80. The highest BCUT2D eigenvalue weighted by atomic mass is 19.1. The van der Waals surface area contributed by atoms with Crippen LogP contribution >= 0.6 is 0 Å². The Balaban J connectivity index is 1.72. The maximum absolute atomic E-state index is 13.5. The summed E-state index contributed by atoms with van der Waals surface area (Å²) < 4.78 is 15.8. The molecule has 154 valence electrons. The van der Waals surface area contributed by atoms with Gasteiger partial charge in [0.15, 0.2) is 0 Å². The molecule has 1 saturated heterocycles. The molecule has 0 aromatic carbocycles. The molecule has 8 heteroatoms. The standard InChI is InChI=1S/C22H24FN7/c1-28-9-10-29(2)13-16(12-28)30-14-27-20(19-4-3-15(23)11-26-19)21(30)17-5-7-24-22-18(17)6-8-25-22/h3-8,11,14,16H,9-10,12-13H2,1-2H3,(H,24,25). The number of halogens is 1. The molecule has 0 bridgehead atoms. The lowest BCUT2D eigenvalue weighted by Gasteiger charge is -2.25. The first-order chi connectivity index (χ1) is 14.6. The van der Waals surface area contributed by atoms with Gasteiger partial charge < -0.3 is 19.4 Å². The van der Waals surface area contributed by atoms with Crippen molar-refractivity contribution in [3.8, 4) is 22.6 Å². The van der Waals surface area contributed by atoms with Gasteiger partial charge in [-0.2, -0.15) is 0 Å². The number of rotatable bonds is 3. The van der Waals surface area contributed by atoms with Gasteiger partial charge in [0.1, 0.15) is 17.2 Å². The number of hydrogen-bond acceptors (Lipinski definition) is 5. The molecule has 4 aromatic rings. The third-order valence-corrected chi connectivity index (χ3v) is 5.78. The Morgan fingerprint density at radius 2 is 1.80 bits per heavy atom. The molecule has 1 N–H and O–H groups in total. The number of nitrogens with zero attached hydrogens (tertiary/aromatic N) is 6. The van der Waals surface area contributed by atoms with Crippen molar-refractivity contribution in [3.05, 3.63) is 55.0 Å². The van der Waals surface area contributed by atoms with Crippen LogP contribution in [-0.4, -0.2) is 74.6 Å². The first kappa shape index (κ1) is 18.9. The molecule has 0 amide bonds. The van der Waals surface area contributed by atoms with Gasteiger partial charge in [-0.05, 0) is 38.4 Å². The summed E-state index contributed by atoms with van der Waals surface area (Å²) in [5.41, 5.74) is 4.25. The van der Waals surface area contributed by atoms with Crippen LogP contribution in [0.2, 0.25) is 0 Å². The monoisotopic (exact) mass is 405 g/mol. The van der Waals surface area contributed by atoms with E-state index in [0.717, 1.165) is 54.2 Å². The van der Waals surface area contributed by atoms with Crippen LogP contribution in [0.25, 0.3) is 33.7 Å². The summed E-state index contributed by atoms with van der Waals surface area (Å²) in [7, 11) is 4.31. The van der Waals surface area contributed by atoms with E-state index in [9.17, 15) is 4.39 Å². The van der Waals surface area contributed by atoms with Crippen molar-refractivity contribution in [1.29, 1.82) is 0 Å². The smallest absolute Gasteiger partial charge is 0.141 e. The first-order valence-corrected chi connectivity index (χ1v) is 10.1. The van der Waals surface area contributed by atoms with E-state index in [0.29, 0.717) is 5.69 Å². The fourth-order valence-electron chi connectivity index (χ4n) is 4.25. The van der Waals surface area contributed by atoms with E-state index in [1.165, 1.54) is 12.3 Å². The molecule has 0 spiro atoms. The predicted molar refractivity (Wildman–Crippen MR) is 115 cm³/mol. The number of fused-ring (bicyclic) bond motifs is 1. The van der Waals surface area contributed by atoms with Crippen molar-refractivity contribution in [1.82, 2.24) is 34.3 Å². The van der Waals surface area contributed by atoms with Crippen LogP contribution in [0, 0.1) is 5.82 Å². The van der Waals surface area contributed by atoms with Crippen LogP contribution in [0.15, 0.2) is 49.2 Å². The van der Waals surface area contributed by atoms with Crippen LogP contribution in [0.3, 0.4) is 0 Å². The van der Waals surface area contributed by atoms with Crippen molar-refractivity contribution >= 4 is 11.0 Å². The number of nitrogens with one attached hydrogen (secondary N) is 1. The summed E-state index contributed by atoms with van der Waals surface area (Å²) in [5, 5.41) is 1.03. The molecular formula is C22H24FN7. The van der Waals surface area contributed by atoms with Crippen LogP contribution < -0.4 is 0 Å². The van der Waals surface area contributed by atoms with Gasteiger partial charge in [-0.1, -0.05) is 0 Å². The van der Waals surface area contributed by atoms with E-state index in [-0.39, 0.29) is 11.9 Å². The summed E-state index contributed by atoms with van der Waals surface area (Å²) in [4.78, 5) is 21.4. The lowest BCUT2D eigenvalue weighted by Crippen LogP contribution is -2.29. The van der Waals surface area contributed by atoms with Gasteiger partial charge >= 0.3 is 0 Å². The molecule has 1 aliphatic rings. The SMILES string of the molecule is CN1CCN(C)CC(n2cnc(-c3ccc(F)cn3)c2-c2ccnc3[nH]ccc23)C1. The number of aromatic amines is 1. The normalized spacial score (nSPS) is 16.9. The van der Waals surface area contributed by atoms with Gasteiger partial charge in [0.25, 0.3) is 0 Å². The van der Waals surface area contributed by atoms with Crippen molar-refractivity contribution < 1.29 is 4.39 Å². The van der Waals surface area contributed by atoms with Crippen molar-refractivity contribution in [2.75, 3.05) is 40.3 Å². The Morgan fingerprint density at radius 1 is 1.00 bits per heavy atom. The average Bonchev–Trinajstić information content (AvgIpc) is 3.36. The maximum atomic E-state index is 13.5. The summed E-state index contributed by atoms with van der Waals surface area (Å²) in [5.74, 6) is -0.358. The minimum atomic E-state index is -0.358. The molecule has 4 aromatic heterocycles. The zero-order valence-corrected chi connectivity index (χ0v) is 17.1. The van der Waals surface area contributed by atoms with E-state index in [1.54, 1.807) is 12.3 Å². The molecule has 0 unspecified atom stereocenters. The minimum absolute atomic E-state index is 0.223. The topological polar surface area (TPSA) is 65.9 Å². The molecule has 5 rings (SSSR count). The molecule has 30 heavy (non-hydrogen) atoms. The van der Waals surface area contributed by atoms with Gasteiger partial charge in [-0.25, -0.2) is 14.4 Å². The quantitative estimate of drug-likeness (QED) is 0.568. The minimum Gasteiger partial charge on any atom is -0.346 e. The number of hydrogen-bond donors (Lipinski definition) is 1. The van der Waals surface area contributed by atoms with E-state index in [2.05, 4.69) is 43.4 Å². The summed E-state index contributed by atoms with van der Waals surface area (Å²) >= 11 is 0. The Hall–Kier alpha value is -3.10. The van der Waals surface area contributed by atoms with Gasteiger partial charge in [0.05, 0.1) is 30.0 Å². The highest BCUT2D eigenvalue weighted by molar-refractivity contribution is 5.95. The molecule has 7 nitrogen and oxygen atoms in total. The fraction of sp³-hybridized carbons (Fsp3) is 0.318. The molecule has 0 atom stereocenters. The molecule has 1 aliphatic heterocycles. The summed E-state index contributed by atoms with van der Waals surface area (Å²) in [6.07, 6.45) is 6.83. The van der Waals surface area contributed by atoms with E-state index < -0.39 is 0 Å². The highest BCUT2D eigenvalue weighted by Crippen LogP contribution is 2.36. The third kappa shape index (κ3) is 3.38. The van der Waals surface area contributed by atoms with E-state index >= 15 is 0 Å². The average molecular weight is 405 g/mol. The fourth-order valence-corrected chi connectivity index (χ4v) is 4.25. The summed E-state index contributed by atoms with van der Waals surface area (Å²) in [6.45, 7) is 3.90. The number of likely N-dealkylation sites (N-methyl/N-ethyl adjacent to an activating group) is 2. The Morgan fingerprint density at radius 3 is 2.53 bits per heavy atom. The van der Waals surface area contributed by atoms with Gasteiger partial charge in [-0.15, -0.1) is 0 Å². The zero-order valence-electron chi connectivity index (χ0n) is 17.1. The van der Waals surface area contributed by atoms with Gasteiger partial charge in [-0.3, -0.25) is 4.98 Å². The van der Waals surface area contributed by atoms with Gasteiger partial charge in [0.2, 0.25) is 0 Å². The molecule has 5 heterocycles. The molecule has 0 saturated carbocycles. The van der Waals surface area contributed by atoms with Crippen molar-refractivity contribution in [3.63, 3.8) is 0 Å². The number of pyridine rings is 2. The van der Waals surface area contributed by atoms with Crippen molar-refractivity contribution in [2.24, 2.45) is 0 Å². The second kappa shape index (κ2) is 7.62. The zero-order chi connectivity index (χ0) is 20.7. The number of aromatic nitrogens is 5. The maximum Gasteiger partial charge on any atom is 0.141 e. The van der Waals surface area contributed by atoms with Gasteiger partial charge in [0, 0.05) is 49.5 Å². The molecule has 1 fully saturated rings. The Labute approximate surface area is 174 Å². The first-order valence-electron chi connectivity index (χ1n) is 10.1. The largest absolute Gasteiger partial charge is 0.346 e. The van der Waals surface area contributed by atoms with Crippen LogP contribution in [0.1, 0.15) is 6.04 Å². The molecular weight excluding hydrogens is 381 g/mol. The number of imidazole rings is 1. The predicted octanol–water partition coefficient (Wildman–Crippen LogP) is 3.05. The second-order valence-corrected chi connectivity index (χ2v) is 7.99. The van der Waals surface area contributed by atoms with Crippen molar-refractivity contribution in [2.45, 2.75) is 6.04 Å².